The van der Waals surface area contributed by atoms with Gasteiger partial charge in [0.25, 0.3) is 0 Å². The van der Waals surface area contributed by atoms with Crippen molar-refractivity contribution < 1.29 is 4.74 Å². The van der Waals surface area contributed by atoms with Crippen molar-refractivity contribution in [3.63, 3.8) is 0 Å². The molecule has 106 valence electrons. The second kappa shape index (κ2) is 6.08. The van der Waals surface area contributed by atoms with E-state index in [1.807, 2.05) is 6.92 Å². The maximum atomic E-state index is 6.13. The normalized spacial score (nSPS) is 10.2. The predicted octanol–water partition coefficient (Wildman–Crippen LogP) is 2.52. The summed E-state index contributed by atoms with van der Waals surface area (Å²) in [6, 6.07) is 3.54. The molecule has 0 unspecified atom stereocenters. The Labute approximate surface area is 125 Å². The summed E-state index contributed by atoms with van der Waals surface area (Å²) in [6.45, 7) is 1.86. The number of hydrogen-bond donors (Lipinski definition) is 3. The van der Waals surface area contributed by atoms with Gasteiger partial charge in [0.15, 0.2) is 0 Å². The molecule has 9 heteroatoms. The van der Waals surface area contributed by atoms with Gasteiger partial charge in [-0.3, -0.25) is 5.43 Å². The van der Waals surface area contributed by atoms with Crippen molar-refractivity contribution in [1.29, 1.82) is 0 Å². The van der Waals surface area contributed by atoms with Gasteiger partial charge in [-0.2, -0.15) is 15.0 Å². The monoisotopic (exact) mass is 314 g/mol. The molecule has 7 nitrogen and oxygen atoms in total. The van der Waals surface area contributed by atoms with Crippen molar-refractivity contribution in [3.05, 3.63) is 27.7 Å². The highest BCUT2D eigenvalue weighted by molar-refractivity contribution is 6.35. The van der Waals surface area contributed by atoms with E-state index in [1.54, 1.807) is 12.1 Å². The number of hydrazine groups is 1. The van der Waals surface area contributed by atoms with Gasteiger partial charge in [-0.15, -0.1) is 0 Å². The Morgan fingerprint density at radius 2 is 1.80 bits per heavy atom. The Morgan fingerprint density at radius 3 is 2.45 bits per heavy atom. The number of benzene rings is 1. The lowest BCUT2D eigenvalue weighted by Gasteiger charge is -2.10. The molecule has 0 aliphatic rings. The lowest BCUT2D eigenvalue weighted by Crippen LogP contribution is -2.13. The van der Waals surface area contributed by atoms with Gasteiger partial charge in [-0.05, 0) is 24.6 Å². The Morgan fingerprint density at radius 1 is 1.10 bits per heavy atom. The van der Waals surface area contributed by atoms with Crippen LogP contribution >= 0.6 is 23.2 Å². The first-order chi connectivity index (χ1) is 9.53. The number of halogens is 2. The lowest BCUT2D eigenvalue weighted by atomic mass is 10.2. The molecule has 4 N–H and O–H groups in total. The molecule has 0 aliphatic heterocycles. The number of nitrogens with zero attached hydrogens (tertiary/aromatic N) is 3. The maximum Gasteiger partial charge on any atom is 0.322 e. The zero-order chi connectivity index (χ0) is 14.7. The molecule has 0 bridgehead atoms. The second-order valence-corrected chi connectivity index (χ2v) is 4.63. The number of rotatable bonds is 4. The van der Waals surface area contributed by atoms with Crippen molar-refractivity contribution in [1.82, 2.24) is 15.0 Å². The van der Waals surface area contributed by atoms with E-state index in [0.29, 0.717) is 15.7 Å². The summed E-state index contributed by atoms with van der Waals surface area (Å²) in [5.74, 6) is 5.67. The Hall–Kier alpha value is -1.83. The van der Waals surface area contributed by atoms with Gasteiger partial charge in [0.2, 0.25) is 11.9 Å². The summed E-state index contributed by atoms with van der Waals surface area (Å²) in [5, 5.41) is 4.01. The molecular formula is C11H12Cl2N6O. The fourth-order valence-electron chi connectivity index (χ4n) is 1.43. The van der Waals surface area contributed by atoms with E-state index in [4.69, 9.17) is 33.8 Å². The summed E-state index contributed by atoms with van der Waals surface area (Å²) in [6.07, 6.45) is 0. The largest absolute Gasteiger partial charge is 0.467 e. The van der Waals surface area contributed by atoms with Crippen molar-refractivity contribution in [2.45, 2.75) is 6.92 Å². The molecular weight excluding hydrogens is 303 g/mol. The molecule has 1 heterocycles. The van der Waals surface area contributed by atoms with E-state index in [-0.39, 0.29) is 17.9 Å². The third-order valence-corrected chi connectivity index (χ3v) is 3.14. The fraction of sp³-hybridized carbons (Fsp3) is 0.182. The van der Waals surface area contributed by atoms with Gasteiger partial charge in [0.05, 0.1) is 17.8 Å². The van der Waals surface area contributed by atoms with Gasteiger partial charge in [0, 0.05) is 5.02 Å². The van der Waals surface area contributed by atoms with E-state index in [1.165, 1.54) is 7.11 Å². The van der Waals surface area contributed by atoms with Gasteiger partial charge in [0.1, 0.15) is 0 Å². The number of anilines is 3. The van der Waals surface area contributed by atoms with Gasteiger partial charge >= 0.3 is 6.01 Å². The molecule has 0 spiro atoms. The minimum Gasteiger partial charge on any atom is -0.467 e. The predicted molar refractivity (Wildman–Crippen MR) is 78.7 cm³/mol. The topological polar surface area (TPSA) is 98.0 Å². The lowest BCUT2D eigenvalue weighted by molar-refractivity contribution is 0.379. The summed E-state index contributed by atoms with van der Waals surface area (Å²) in [4.78, 5) is 12.0. The highest BCUT2D eigenvalue weighted by Crippen LogP contribution is 2.30. The van der Waals surface area contributed by atoms with Crippen molar-refractivity contribution >= 4 is 40.8 Å². The van der Waals surface area contributed by atoms with Crippen LogP contribution in [0.1, 0.15) is 5.56 Å². The van der Waals surface area contributed by atoms with Crippen molar-refractivity contribution in [2.75, 3.05) is 17.9 Å². The number of nitrogens with two attached hydrogens (primary N) is 1. The first-order valence-electron chi connectivity index (χ1n) is 5.53. The van der Waals surface area contributed by atoms with Gasteiger partial charge in [-0.25, -0.2) is 5.84 Å². The Kier molecular flexibility index (Phi) is 4.43. The number of aryl methyl sites for hydroxylation is 1. The molecule has 1 aromatic carbocycles. The summed E-state index contributed by atoms with van der Waals surface area (Å²) in [5.41, 5.74) is 3.76. The molecule has 0 aliphatic carbocycles. The van der Waals surface area contributed by atoms with Crippen molar-refractivity contribution in [3.8, 4) is 6.01 Å². The van der Waals surface area contributed by atoms with Gasteiger partial charge < -0.3 is 10.1 Å². The smallest absolute Gasteiger partial charge is 0.322 e. The third-order valence-electron chi connectivity index (χ3n) is 2.42. The third kappa shape index (κ3) is 3.19. The van der Waals surface area contributed by atoms with Crippen LogP contribution in [-0.2, 0) is 0 Å². The molecule has 0 radical (unpaired) electrons. The van der Waals surface area contributed by atoms with Crippen LogP contribution in [0.4, 0.5) is 17.6 Å². The Balaban J connectivity index is 2.36. The minimum atomic E-state index is 0.116. The average molecular weight is 315 g/mol. The second-order valence-electron chi connectivity index (χ2n) is 3.82. The van der Waals surface area contributed by atoms with Gasteiger partial charge in [-0.1, -0.05) is 23.2 Å². The standard InChI is InChI=1S/C11H12Cl2N6O/c1-5-3-7(13)8(4-6(5)12)15-9-16-10(19-14)18-11(17-9)20-2/h3-4H,14H2,1-2H3,(H2,15,16,17,18,19). The van der Waals surface area contributed by atoms with Crippen LogP contribution < -0.4 is 21.3 Å². The van der Waals surface area contributed by atoms with Crippen LogP contribution in [-0.4, -0.2) is 22.1 Å². The maximum absolute atomic E-state index is 6.13. The number of hydrogen-bond acceptors (Lipinski definition) is 7. The molecule has 0 atom stereocenters. The molecule has 0 saturated heterocycles. The van der Waals surface area contributed by atoms with Crippen LogP contribution in [0.2, 0.25) is 10.0 Å². The van der Waals surface area contributed by atoms with Crippen LogP contribution in [0.3, 0.4) is 0 Å². The number of aromatic nitrogens is 3. The SMILES string of the molecule is COc1nc(NN)nc(Nc2cc(Cl)c(C)cc2Cl)n1. The first kappa shape index (κ1) is 14.6. The highest BCUT2D eigenvalue weighted by Gasteiger charge is 2.10. The zero-order valence-electron chi connectivity index (χ0n) is 10.7. The summed E-state index contributed by atoms with van der Waals surface area (Å²) >= 11 is 12.2. The van der Waals surface area contributed by atoms with E-state index < -0.39 is 0 Å². The average Bonchev–Trinajstić information content (AvgIpc) is 2.44. The number of nitrogens with one attached hydrogen (secondary N) is 2. The minimum absolute atomic E-state index is 0.116. The van der Waals surface area contributed by atoms with Crippen molar-refractivity contribution in [2.24, 2.45) is 5.84 Å². The summed E-state index contributed by atoms with van der Waals surface area (Å²) < 4.78 is 4.95. The first-order valence-corrected chi connectivity index (χ1v) is 6.28. The number of ether oxygens (including phenoxy) is 1. The molecule has 0 fully saturated rings. The molecule has 0 amide bonds. The Bertz CT molecular complexity index is 614. The molecule has 2 aromatic rings. The van der Waals surface area contributed by atoms with E-state index in [2.05, 4.69) is 25.7 Å². The summed E-state index contributed by atoms with van der Waals surface area (Å²) in [7, 11) is 1.44. The number of methoxy groups -OCH3 is 1. The van der Waals surface area contributed by atoms with Crippen LogP contribution in [0.25, 0.3) is 0 Å². The van der Waals surface area contributed by atoms with E-state index >= 15 is 0 Å². The number of nitrogen functional groups attached to an aromatic ring is 1. The van der Waals surface area contributed by atoms with Crippen LogP contribution in [0, 0.1) is 6.92 Å². The fourth-order valence-corrected chi connectivity index (χ4v) is 1.86. The van der Waals surface area contributed by atoms with E-state index in [9.17, 15) is 0 Å². The molecule has 20 heavy (non-hydrogen) atoms. The zero-order valence-corrected chi connectivity index (χ0v) is 12.2. The molecule has 1 aromatic heterocycles. The quantitative estimate of drug-likeness (QED) is 0.589. The molecule has 2 rings (SSSR count). The van der Waals surface area contributed by atoms with E-state index in [0.717, 1.165) is 5.56 Å². The molecule has 0 saturated carbocycles. The van der Waals surface area contributed by atoms with Crippen LogP contribution in [0.5, 0.6) is 6.01 Å². The van der Waals surface area contributed by atoms with Crippen LogP contribution in [0.15, 0.2) is 12.1 Å². The highest BCUT2D eigenvalue weighted by atomic mass is 35.5.